The Morgan fingerprint density at radius 2 is 2.17 bits per heavy atom. The summed E-state index contributed by atoms with van der Waals surface area (Å²) in [6, 6.07) is 7.82. The van der Waals surface area contributed by atoms with E-state index in [1.165, 1.54) is 6.92 Å². The molecule has 0 fully saturated rings. The van der Waals surface area contributed by atoms with Gasteiger partial charge < -0.3 is 9.84 Å². The summed E-state index contributed by atoms with van der Waals surface area (Å²) in [4.78, 5) is 19.6. The number of ether oxygens (including phenoxy) is 1. The molecule has 23 heavy (non-hydrogen) atoms. The molecule has 1 aliphatic rings. The first-order valence-corrected chi connectivity index (χ1v) is 7.31. The number of aryl methyl sites for hydroxylation is 1. The average Bonchev–Trinajstić information content (AvgIpc) is 3.02. The zero-order valence-electron chi connectivity index (χ0n) is 13.0. The van der Waals surface area contributed by atoms with Gasteiger partial charge in [-0.3, -0.25) is 9.36 Å². The van der Waals surface area contributed by atoms with E-state index < -0.39 is 0 Å². The van der Waals surface area contributed by atoms with Gasteiger partial charge in [0.2, 0.25) is 5.88 Å². The van der Waals surface area contributed by atoms with Crippen LogP contribution in [0, 0.1) is 6.92 Å². The van der Waals surface area contributed by atoms with Gasteiger partial charge in [-0.2, -0.15) is 0 Å². The van der Waals surface area contributed by atoms with Crippen LogP contribution in [0.4, 0.5) is 0 Å². The van der Waals surface area contributed by atoms with Gasteiger partial charge in [0.15, 0.2) is 0 Å². The Hall–Kier alpha value is -2.89. The van der Waals surface area contributed by atoms with Gasteiger partial charge in [-0.1, -0.05) is 18.2 Å². The third-order valence-corrected chi connectivity index (χ3v) is 3.55. The lowest BCUT2D eigenvalue weighted by Gasteiger charge is -2.06. The highest BCUT2D eigenvalue weighted by Gasteiger charge is 2.13. The second-order valence-corrected chi connectivity index (χ2v) is 5.24. The molecular weight excluding hydrogens is 294 g/mol. The number of aromatic nitrogens is 2. The van der Waals surface area contributed by atoms with E-state index in [9.17, 15) is 9.90 Å². The molecule has 0 amide bonds. The molecule has 0 radical (unpaired) electrons. The van der Waals surface area contributed by atoms with E-state index in [2.05, 4.69) is 9.98 Å². The molecule has 0 spiro atoms. The third-order valence-electron chi connectivity index (χ3n) is 3.55. The highest BCUT2D eigenvalue weighted by atomic mass is 16.5. The van der Waals surface area contributed by atoms with Crippen LogP contribution in [-0.4, -0.2) is 27.2 Å². The minimum absolute atomic E-state index is 0.0432. The molecule has 2 aromatic rings. The number of para-hydroxylation sites is 1. The fourth-order valence-electron chi connectivity index (χ4n) is 2.48. The van der Waals surface area contributed by atoms with Crippen molar-refractivity contribution in [3.8, 4) is 5.88 Å². The lowest BCUT2D eigenvalue weighted by atomic mass is 10.2. The maximum Gasteiger partial charge on any atom is 0.302 e. The molecule has 1 aromatic carbocycles. The van der Waals surface area contributed by atoms with E-state index in [1.807, 2.05) is 30.3 Å². The molecular formula is C17H17N3O3. The van der Waals surface area contributed by atoms with E-state index >= 15 is 0 Å². The molecule has 0 atom stereocenters. The molecule has 3 rings (SSSR count). The average molecular weight is 311 g/mol. The third kappa shape index (κ3) is 3.15. The van der Waals surface area contributed by atoms with Crippen LogP contribution < -0.4 is 10.6 Å². The lowest BCUT2D eigenvalue weighted by Crippen LogP contribution is -2.19. The second-order valence-electron chi connectivity index (χ2n) is 5.24. The summed E-state index contributed by atoms with van der Waals surface area (Å²) < 4.78 is 6.51. The van der Waals surface area contributed by atoms with Crippen LogP contribution in [-0.2, 0) is 16.1 Å². The quantitative estimate of drug-likeness (QED) is 0.852. The van der Waals surface area contributed by atoms with Crippen molar-refractivity contribution in [2.75, 3.05) is 6.61 Å². The number of benzene rings is 1. The van der Waals surface area contributed by atoms with Crippen LogP contribution in [0.15, 0.2) is 35.0 Å². The predicted octanol–water partition coefficient (Wildman–Crippen LogP) is 0.915. The van der Waals surface area contributed by atoms with Crippen molar-refractivity contribution in [3.05, 3.63) is 52.1 Å². The summed E-state index contributed by atoms with van der Waals surface area (Å²) in [6.07, 6.45) is 3.69. The number of hydrogen-bond acceptors (Lipinski definition) is 5. The van der Waals surface area contributed by atoms with Gasteiger partial charge in [0, 0.05) is 12.1 Å². The van der Waals surface area contributed by atoms with Gasteiger partial charge in [0.05, 0.1) is 17.6 Å². The van der Waals surface area contributed by atoms with Crippen molar-refractivity contribution < 1.29 is 14.6 Å². The number of nitrogens with zero attached hydrogens (tertiary/aromatic N) is 3. The van der Waals surface area contributed by atoms with E-state index in [0.29, 0.717) is 18.1 Å². The fourth-order valence-corrected chi connectivity index (χ4v) is 2.48. The van der Waals surface area contributed by atoms with E-state index in [0.717, 1.165) is 16.3 Å². The highest BCUT2D eigenvalue weighted by Crippen LogP contribution is 2.22. The predicted molar refractivity (Wildman–Crippen MR) is 84.9 cm³/mol. The van der Waals surface area contributed by atoms with Crippen molar-refractivity contribution in [3.63, 3.8) is 0 Å². The molecule has 1 aliphatic heterocycles. The van der Waals surface area contributed by atoms with Crippen molar-refractivity contribution >= 4 is 18.1 Å². The van der Waals surface area contributed by atoms with Gasteiger partial charge in [-0.15, -0.1) is 0 Å². The Balaban J connectivity index is 1.86. The smallest absolute Gasteiger partial charge is 0.302 e. The van der Waals surface area contributed by atoms with Gasteiger partial charge in [-0.05, 0) is 25.1 Å². The number of imidazole rings is 1. The van der Waals surface area contributed by atoms with Gasteiger partial charge in [-0.25, -0.2) is 9.98 Å². The summed E-state index contributed by atoms with van der Waals surface area (Å²) in [5, 5.41) is 12.3. The first-order valence-electron chi connectivity index (χ1n) is 7.31. The Labute approximate surface area is 133 Å². The first kappa shape index (κ1) is 15.0. The van der Waals surface area contributed by atoms with Crippen molar-refractivity contribution in [2.24, 2.45) is 4.99 Å². The molecule has 2 heterocycles. The van der Waals surface area contributed by atoms with Crippen molar-refractivity contribution in [2.45, 2.75) is 20.4 Å². The van der Waals surface area contributed by atoms with Gasteiger partial charge in [0.1, 0.15) is 18.1 Å². The van der Waals surface area contributed by atoms with Crippen LogP contribution in [0.25, 0.3) is 12.2 Å². The summed E-state index contributed by atoms with van der Waals surface area (Å²) in [7, 11) is 0. The molecule has 118 valence electrons. The molecule has 6 nitrogen and oxygen atoms in total. The number of fused-ring (bicyclic) bond motifs is 1. The normalized spacial score (nSPS) is 14.3. The highest BCUT2D eigenvalue weighted by molar-refractivity contribution is 5.66. The summed E-state index contributed by atoms with van der Waals surface area (Å²) in [5.41, 5.74) is 1.19. The largest absolute Gasteiger partial charge is 0.493 e. The number of esters is 1. The van der Waals surface area contributed by atoms with Gasteiger partial charge in [0.25, 0.3) is 0 Å². The maximum absolute atomic E-state index is 10.8. The van der Waals surface area contributed by atoms with Gasteiger partial charge >= 0.3 is 5.97 Å². The molecule has 6 heteroatoms. The maximum atomic E-state index is 10.8. The minimum Gasteiger partial charge on any atom is -0.493 e. The van der Waals surface area contributed by atoms with Crippen LogP contribution in [0.3, 0.4) is 0 Å². The Kier molecular flexibility index (Phi) is 3.97. The van der Waals surface area contributed by atoms with E-state index in [4.69, 9.17) is 4.74 Å². The molecule has 1 aromatic heterocycles. The summed E-state index contributed by atoms with van der Waals surface area (Å²) in [5.74, 6) is 0.348. The number of carbonyl (C=O) groups is 1. The van der Waals surface area contributed by atoms with E-state index in [-0.39, 0.29) is 18.5 Å². The SMILES string of the molecule is CC(=O)OCCn1c(C)nc(/C=C2\C=c3ccccc3=N2)c1O. The molecule has 0 saturated heterocycles. The van der Waals surface area contributed by atoms with Crippen LogP contribution in [0.2, 0.25) is 0 Å². The van der Waals surface area contributed by atoms with Crippen LogP contribution in [0.5, 0.6) is 5.88 Å². The molecule has 0 bridgehead atoms. The number of hydrogen-bond donors (Lipinski definition) is 1. The van der Waals surface area contributed by atoms with E-state index in [1.54, 1.807) is 17.6 Å². The fraction of sp³-hybridized carbons (Fsp3) is 0.235. The second kappa shape index (κ2) is 6.08. The first-order chi connectivity index (χ1) is 11.0. The van der Waals surface area contributed by atoms with Crippen LogP contribution >= 0.6 is 0 Å². The number of rotatable bonds is 4. The Morgan fingerprint density at radius 3 is 2.91 bits per heavy atom. The number of carbonyl (C=O) groups excluding carboxylic acids is 1. The number of allylic oxidation sites excluding steroid dienone is 1. The summed E-state index contributed by atoms with van der Waals surface area (Å²) >= 11 is 0. The monoisotopic (exact) mass is 311 g/mol. The Bertz CT molecular complexity index is 873. The van der Waals surface area contributed by atoms with Crippen molar-refractivity contribution in [1.82, 2.24) is 9.55 Å². The zero-order valence-corrected chi connectivity index (χ0v) is 13.0. The molecule has 0 saturated carbocycles. The lowest BCUT2D eigenvalue weighted by molar-refractivity contribution is -0.141. The molecule has 0 unspecified atom stereocenters. The minimum atomic E-state index is -0.346. The Morgan fingerprint density at radius 1 is 1.39 bits per heavy atom. The standard InChI is InChI=1S/C17H17N3O3/c1-11-18-16(17(22)20(11)7-8-23-12(2)21)10-14-9-13-5-3-4-6-15(13)19-14/h3-6,9-10,22H,7-8H2,1-2H3/b14-10+. The summed E-state index contributed by atoms with van der Waals surface area (Å²) in [6.45, 7) is 3.69. The topological polar surface area (TPSA) is 76.7 Å². The zero-order chi connectivity index (χ0) is 16.4. The number of aromatic hydroxyl groups is 1. The van der Waals surface area contributed by atoms with Crippen molar-refractivity contribution in [1.29, 1.82) is 0 Å². The van der Waals surface area contributed by atoms with Crippen LogP contribution in [0.1, 0.15) is 18.4 Å². The molecule has 0 aliphatic carbocycles. The molecule has 1 N–H and O–H groups in total.